The lowest BCUT2D eigenvalue weighted by Gasteiger charge is -2.20. The molecule has 2 amide bonds. The molecule has 1 aliphatic rings. The maximum Gasteiger partial charge on any atom is 0.271 e. The van der Waals surface area contributed by atoms with E-state index in [0.717, 1.165) is 0 Å². The van der Waals surface area contributed by atoms with Crippen molar-refractivity contribution >= 4 is 52.1 Å². The molecule has 25 heavy (non-hydrogen) atoms. The van der Waals surface area contributed by atoms with Crippen molar-refractivity contribution in [2.45, 2.75) is 12.5 Å². The molecule has 0 saturated carbocycles. The number of halogens is 2. The summed E-state index contributed by atoms with van der Waals surface area (Å²) in [6.45, 7) is 0. The number of hydrogen-bond donors (Lipinski definition) is 2. The SMILES string of the molecule is NC(=O)C1CC(C(=O)Nc2ccc(Cl)c(Cl)c2)=NN1c1ccccc1. The van der Waals surface area contributed by atoms with E-state index in [2.05, 4.69) is 10.4 Å². The summed E-state index contributed by atoms with van der Waals surface area (Å²) in [6.07, 6.45) is 0.122. The first-order valence-electron chi connectivity index (χ1n) is 7.43. The van der Waals surface area contributed by atoms with Crippen LogP contribution in [-0.2, 0) is 9.59 Å². The maximum absolute atomic E-state index is 12.5. The lowest BCUT2D eigenvalue weighted by molar-refractivity contribution is -0.119. The highest BCUT2D eigenvalue weighted by molar-refractivity contribution is 6.45. The summed E-state index contributed by atoms with van der Waals surface area (Å²) in [7, 11) is 0. The van der Waals surface area contributed by atoms with Crippen molar-refractivity contribution in [3.8, 4) is 0 Å². The molecule has 0 aliphatic carbocycles. The minimum Gasteiger partial charge on any atom is -0.368 e. The summed E-state index contributed by atoms with van der Waals surface area (Å²) in [5.74, 6) is -0.979. The monoisotopic (exact) mass is 376 g/mol. The average molecular weight is 377 g/mol. The van der Waals surface area contributed by atoms with Gasteiger partial charge in [-0.1, -0.05) is 41.4 Å². The van der Waals surface area contributed by atoms with Crippen molar-refractivity contribution in [3.05, 3.63) is 58.6 Å². The van der Waals surface area contributed by atoms with Crippen molar-refractivity contribution in [1.29, 1.82) is 0 Å². The van der Waals surface area contributed by atoms with E-state index in [-0.39, 0.29) is 12.1 Å². The molecule has 6 nitrogen and oxygen atoms in total. The number of carbonyl (C=O) groups is 2. The van der Waals surface area contributed by atoms with Crippen LogP contribution in [0.5, 0.6) is 0 Å². The Bertz CT molecular complexity index is 855. The van der Waals surface area contributed by atoms with Gasteiger partial charge in [-0.15, -0.1) is 0 Å². The van der Waals surface area contributed by atoms with Crippen molar-refractivity contribution in [3.63, 3.8) is 0 Å². The fourth-order valence-corrected chi connectivity index (χ4v) is 2.76. The molecular formula is C17H14Cl2N4O2. The second-order valence-electron chi connectivity index (χ2n) is 5.43. The van der Waals surface area contributed by atoms with Gasteiger partial charge in [-0.3, -0.25) is 14.6 Å². The van der Waals surface area contributed by atoms with Crippen molar-refractivity contribution < 1.29 is 9.59 Å². The van der Waals surface area contributed by atoms with Crippen LogP contribution in [0.15, 0.2) is 53.6 Å². The first-order chi connectivity index (χ1) is 12.0. The highest BCUT2D eigenvalue weighted by atomic mass is 35.5. The van der Waals surface area contributed by atoms with Gasteiger partial charge in [0.15, 0.2) is 0 Å². The first-order valence-corrected chi connectivity index (χ1v) is 8.19. The second kappa shape index (κ2) is 7.13. The number of hydrazone groups is 1. The lowest BCUT2D eigenvalue weighted by Crippen LogP contribution is -2.39. The van der Waals surface area contributed by atoms with Crippen LogP contribution in [0.2, 0.25) is 10.0 Å². The first kappa shape index (κ1) is 17.3. The van der Waals surface area contributed by atoms with Crippen LogP contribution in [-0.4, -0.2) is 23.6 Å². The van der Waals surface area contributed by atoms with Crippen molar-refractivity contribution in [2.75, 3.05) is 10.3 Å². The number of carbonyl (C=O) groups excluding carboxylic acids is 2. The van der Waals surface area contributed by atoms with Gasteiger partial charge >= 0.3 is 0 Å². The van der Waals surface area contributed by atoms with E-state index in [4.69, 9.17) is 28.9 Å². The summed E-state index contributed by atoms with van der Waals surface area (Å²) in [6, 6.07) is 13.1. The Hall–Kier alpha value is -2.57. The summed E-state index contributed by atoms with van der Waals surface area (Å²) in [4.78, 5) is 24.2. The third-order valence-electron chi connectivity index (χ3n) is 3.70. The van der Waals surface area contributed by atoms with Crippen LogP contribution >= 0.6 is 23.2 Å². The summed E-state index contributed by atoms with van der Waals surface area (Å²) >= 11 is 11.8. The Morgan fingerprint density at radius 3 is 2.48 bits per heavy atom. The average Bonchev–Trinajstić information content (AvgIpc) is 3.05. The second-order valence-corrected chi connectivity index (χ2v) is 6.25. The number of benzene rings is 2. The number of para-hydroxylation sites is 1. The van der Waals surface area contributed by atoms with Gasteiger partial charge < -0.3 is 11.1 Å². The van der Waals surface area contributed by atoms with E-state index >= 15 is 0 Å². The van der Waals surface area contributed by atoms with Crippen LogP contribution in [0.1, 0.15) is 6.42 Å². The molecular weight excluding hydrogens is 363 g/mol. The van der Waals surface area contributed by atoms with Gasteiger partial charge in [-0.25, -0.2) is 0 Å². The summed E-state index contributed by atoms with van der Waals surface area (Å²) in [5, 5.41) is 9.15. The van der Waals surface area contributed by atoms with Gasteiger partial charge in [0.1, 0.15) is 11.8 Å². The molecule has 8 heteroatoms. The van der Waals surface area contributed by atoms with E-state index in [1.165, 1.54) is 11.1 Å². The molecule has 0 fully saturated rings. The Morgan fingerprint density at radius 1 is 1.12 bits per heavy atom. The molecule has 1 unspecified atom stereocenters. The summed E-state index contributed by atoms with van der Waals surface area (Å²) < 4.78 is 0. The number of anilines is 2. The molecule has 1 atom stereocenters. The van der Waals surface area contributed by atoms with E-state index in [1.807, 2.05) is 18.2 Å². The fourth-order valence-electron chi connectivity index (χ4n) is 2.46. The molecule has 128 valence electrons. The molecule has 1 aliphatic heterocycles. The largest absolute Gasteiger partial charge is 0.368 e. The highest BCUT2D eigenvalue weighted by Gasteiger charge is 2.34. The molecule has 2 aromatic rings. The van der Waals surface area contributed by atoms with Crippen LogP contribution in [0.3, 0.4) is 0 Å². The molecule has 0 aromatic heterocycles. The van der Waals surface area contributed by atoms with Gasteiger partial charge in [0, 0.05) is 12.1 Å². The number of amides is 2. The quantitative estimate of drug-likeness (QED) is 0.859. The predicted octanol–water partition coefficient (Wildman–Crippen LogP) is 3.05. The van der Waals surface area contributed by atoms with Crippen molar-refractivity contribution in [2.24, 2.45) is 10.8 Å². The number of nitrogens with one attached hydrogen (secondary N) is 1. The Labute approximate surface area is 154 Å². The number of rotatable bonds is 4. The number of nitrogens with zero attached hydrogens (tertiary/aromatic N) is 2. The summed E-state index contributed by atoms with van der Waals surface area (Å²) in [5.41, 5.74) is 6.83. The number of primary amides is 1. The van der Waals surface area contributed by atoms with Crippen LogP contribution in [0.25, 0.3) is 0 Å². The standard InChI is InChI=1S/C17H14Cl2N4O2/c18-12-7-6-10(8-13(12)19)21-17(25)14-9-15(16(20)24)23(22-14)11-4-2-1-3-5-11/h1-8,15H,9H2,(H2,20,24)(H,21,25). The van der Waals surface area contributed by atoms with Gasteiger partial charge in [0.05, 0.1) is 15.7 Å². The minimum absolute atomic E-state index is 0.122. The fraction of sp³-hybridized carbons (Fsp3) is 0.118. The Balaban J connectivity index is 1.82. The van der Waals surface area contributed by atoms with Gasteiger partial charge in [-0.05, 0) is 30.3 Å². The van der Waals surface area contributed by atoms with Gasteiger partial charge in [-0.2, -0.15) is 5.10 Å². The minimum atomic E-state index is -0.711. The topological polar surface area (TPSA) is 87.8 Å². The van der Waals surface area contributed by atoms with E-state index < -0.39 is 17.9 Å². The zero-order chi connectivity index (χ0) is 18.0. The Kier molecular flexibility index (Phi) is 4.92. The molecule has 0 saturated heterocycles. The van der Waals surface area contributed by atoms with Crippen LogP contribution in [0.4, 0.5) is 11.4 Å². The molecule has 0 radical (unpaired) electrons. The van der Waals surface area contributed by atoms with Crippen molar-refractivity contribution in [1.82, 2.24) is 0 Å². The smallest absolute Gasteiger partial charge is 0.271 e. The molecule has 1 heterocycles. The van der Waals surface area contributed by atoms with Crippen LogP contribution in [0, 0.1) is 0 Å². The molecule has 2 aromatic carbocycles. The predicted molar refractivity (Wildman–Crippen MR) is 99.0 cm³/mol. The third kappa shape index (κ3) is 3.75. The zero-order valence-corrected chi connectivity index (χ0v) is 14.5. The van der Waals surface area contributed by atoms with E-state index in [0.29, 0.717) is 21.4 Å². The molecule has 3 rings (SSSR count). The van der Waals surface area contributed by atoms with Gasteiger partial charge in [0.2, 0.25) is 5.91 Å². The number of nitrogens with two attached hydrogens (primary N) is 1. The zero-order valence-electron chi connectivity index (χ0n) is 12.9. The molecule has 3 N–H and O–H groups in total. The lowest BCUT2D eigenvalue weighted by atomic mass is 10.1. The molecule has 0 spiro atoms. The van der Waals surface area contributed by atoms with Crippen LogP contribution < -0.4 is 16.1 Å². The van der Waals surface area contributed by atoms with Gasteiger partial charge in [0.25, 0.3) is 5.91 Å². The Morgan fingerprint density at radius 2 is 1.84 bits per heavy atom. The molecule has 0 bridgehead atoms. The third-order valence-corrected chi connectivity index (χ3v) is 4.44. The number of hydrogen-bond acceptors (Lipinski definition) is 4. The maximum atomic E-state index is 12.5. The highest BCUT2D eigenvalue weighted by Crippen LogP contribution is 2.27. The normalized spacial score (nSPS) is 16.5. The van der Waals surface area contributed by atoms with E-state index in [1.54, 1.807) is 24.3 Å². The van der Waals surface area contributed by atoms with E-state index in [9.17, 15) is 9.59 Å².